The summed E-state index contributed by atoms with van der Waals surface area (Å²) >= 11 is 0. The van der Waals surface area contributed by atoms with Crippen LogP contribution in [0.4, 0.5) is 10.6 Å². The van der Waals surface area contributed by atoms with E-state index >= 15 is 0 Å². The lowest BCUT2D eigenvalue weighted by atomic mass is 10.2. The summed E-state index contributed by atoms with van der Waals surface area (Å²) in [6.07, 6.45) is 3.94. The van der Waals surface area contributed by atoms with E-state index in [1.165, 1.54) is 17.2 Å². The minimum Gasteiger partial charge on any atom is -0.467 e. The van der Waals surface area contributed by atoms with Gasteiger partial charge in [0.25, 0.3) is 0 Å². The zero-order valence-corrected chi connectivity index (χ0v) is 17.7. The van der Waals surface area contributed by atoms with Gasteiger partial charge in [0.15, 0.2) is 17.0 Å². The molecule has 0 atom stereocenters. The van der Waals surface area contributed by atoms with E-state index in [9.17, 15) is 4.79 Å². The fourth-order valence-electron chi connectivity index (χ4n) is 3.58. The number of aromatic nitrogens is 4. The van der Waals surface area contributed by atoms with Gasteiger partial charge in [0.1, 0.15) is 25.0 Å². The summed E-state index contributed by atoms with van der Waals surface area (Å²) in [6.45, 7) is 1.23. The molecule has 0 N–H and O–H groups in total. The maximum atomic E-state index is 12.7. The second kappa shape index (κ2) is 9.35. The molecule has 5 aromatic rings. The van der Waals surface area contributed by atoms with Crippen LogP contribution in [-0.4, -0.2) is 25.6 Å². The molecule has 0 saturated heterocycles. The number of hydrogen-bond donors (Lipinski definition) is 0. The van der Waals surface area contributed by atoms with Crippen molar-refractivity contribution >= 4 is 23.1 Å². The first-order valence-corrected chi connectivity index (χ1v) is 10.5. The van der Waals surface area contributed by atoms with Crippen molar-refractivity contribution in [2.45, 2.75) is 19.7 Å². The number of rotatable bonds is 7. The third-order valence-corrected chi connectivity index (χ3v) is 5.16. The number of anilines is 1. The molecule has 33 heavy (non-hydrogen) atoms. The molecule has 8 nitrogen and oxygen atoms in total. The molecular formula is C25H21N5O3. The van der Waals surface area contributed by atoms with Gasteiger partial charge in [0.2, 0.25) is 0 Å². The summed E-state index contributed by atoms with van der Waals surface area (Å²) < 4.78 is 12.3. The summed E-state index contributed by atoms with van der Waals surface area (Å²) in [5, 5.41) is 0. The van der Waals surface area contributed by atoms with E-state index in [-0.39, 0.29) is 6.61 Å². The Morgan fingerprint density at radius 2 is 1.64 bits per heavy atom. The minimum atomic E-state index is -0.549. The number of imidazole rings is 1. The number of nitrogens with zero attached hydrogens (tertiary/aromatic N) is 5. The third kappa shape index (κ3) is 4.59. The van der Waals surface area contributed by atoms with Crippen LogP contribution in [0.25, 0.3) is 11.2 Å². The van der Waals surface area contributed by atoms with Gasteiger partial charge in [-0.25, -0.2) is 24.3 Å². The quantitative estimate of drug-likeness (QED) is 0.360. The molecule has 2 aromatic carbocycles. The Morgan fingerprint density at radius 1 is 0.879 bits per heavy atom. The van der Waals surface area contributed by atoms with Gasteiger partial charge in [-0.3, -0.25) is 0 Å². The molecule has 0 bridgehead atoms. The van der Waals surface area contributed by atoms with E-state index in [1.807, 2.05) is 77.7 Å². The Bertz CT molecular complexity index is 1330. The Labute approximate surface area is 190 Å². The number of benzene rings is 2. The maximum Gasteiger partial charge on any atom is 0.421 e. The number of carbonyl (C=O) groups is 1. The topological polar surface area (TPSA) is 86.3 Å². The Kier molecular flexibility index (Phi) is 5.79. The number of hydrogen-bond acceptors (Lipinski definition) is 7. The monoisotopic (exact) mass is 439 g/mol. The molecule has 0 saturated carbocycles. The largest absolute Gasteiger partial charge is 0.467 e. The molecule has 5 rings (SSSR count). The number of fused-ring (bicyclic) bond motifs is 1. The third-order valence-electron chi connectivity index (χ3n) is 5.16. The van der Waals surface area contributed by atoms with Crippen LogP contribution < -0.4 is 4.90 Å². The van der Waals surface area contributed by atoms with Crippen molar-refractivity contribution in [1.82, 2.24) is 19.5 Å². The minimum absolute atomic E-state index is 0.163. The van der Waals surface area contributed by atoms with Gasteiger partial charge in [-0.05, 0) is 23.3 Å². The summed E-state index contributed by atoms with van der Waals surface area (Å²) in [5.74, 6) is 1.40. The van der Waals surface area contributed by atoms with Crippen molar-refractivity contribution in [3.8, 4) is 0 Å². The van der Waals surface area contributed by atoms with E-state index < -0.39 is 6.09 Å². The van der Waals surface area contributed by atoms with Gasteiger partial charge >= 0.3 is 6.09 Å². The van der Waals surface area contributed by atoms with Crippen LogP contribution in [0.2, 0.25) is 0 Å². The molecule has 8 heteroatoms. The highest BCUT2D eigenvalue weighted by Gasteiger charge is 2.20. The fraction of sp³-hybridized carbons (Fsp3) is 0.120. The first-order valence-electron chi connectivity index (χ1n) is 10.5. The standard InChI is InChI=1S/C25H21N5O3/c31-25(33-16-20-10-5-2-6-11-20)30-18-28-22-23(26-17-27-24(22)30)29(15-21-12-7-13-32-21)14-19-8-3-1-4-9-19/h1-13,17-18H,14-16H2. The normalized spacial score (nSPS) is 10.9. The van der Waals surface area contributed by atoms with Crippen molar-refractivity contribution < 1.29 is 13.9 Å². The average molecular weight is 439 g/mol. The van der Waals surface area contributed by atoms with Gasteiger partial charge in [-0.2, -0.15) is 0 Å². The molecule has 164 valence electrons. The summed E-state index contributed by atoms with van der Waals surface area (Å²) in [4.78, 5) is 28.0. The highest BCUT2D eigenvalue weighted by atomic mass is 16.5. The Hall–Kier alpha value is -4.46. The Morgan fingerprint density at radius 3 is 2.36 bits per heavy atom. The fourth-order valence-corrected chi connectivity index (χ4v) is 3.58. The predicted molar refractivity (Wildman–Crippen MR) is 122 cm³/mol. The van der Waals surface area contributed by atoms with Crippen LogP contribution in [0.3, 0.4) is 0 Å². The van der Waals surface area contributed by atoms with Crippen LogP contribution in [-0.2, 0) is 24.4 Å². The van der Waals surface area contributed by atoms with Crippen LogP contribution in [0.1, 0.15) is 16.9 Å². The zero-order valence-electron chi connectivity index (χ0n) is 17.7. The summed E-state index contributed by atoms with van der Waals surface area (Å²) in [7, 11) is 0. The molecule has 3 heterocycles. The van der Waals surface area contributed by atoms with Gasteiger partial charge < -0.3 is 14.1 Å². The molecule has 3 aromatic heterocycles. The van der Waals surface area contributed by atoms with Crippen LogP contribution in [0, 0.1) is 0 Å². The first-order chi connectivity index (χ1) is 16.3. The van der Waals surface area contributed by atoms with E-state index in [0.717, 1.165) is 16.9 Å². The predicted octanol–water partition coefficient (Wildman–Crippen LogP) is 4.81. The second-order valence-corrected chi connectivity index (χ2v) is 7.45. The highest BCUT2D eigenvalue weighted by molar-refractivity contribution is 5.89. The van der Waals surface area contributed by atoms with Gasteiger partial charge in [0.05, 0.1) is 12.8 Å². The van der Waals surface area contributed by atoms with Crippen LogP contribution in [0.15, 0.2) is 96.1 Å². The lowest BCUT2D eigenvalue weighted by molar-refractivity contribution is 0.142. The molecule has 0 unspecified atom stereocenters. The first kappa shape index (κ1) is 20.4. The average Bonchev–Trinajstić information content (AvgIpc) is 3.53. The van der Waals surface area contributed by atoms with Crippen molar-refractivity contribution in [2.24, 2.45) is 0 Å². The Balaban J connectivity index is 1.44. The van der Waals surface area contributed by atoms with E-state index in [1.54, 1.807) is 6.26 Å². The molecule has 0 fully saturated rings. The van der Waals surface area contributed by atoms with Gasteiger partial charge in [-0.15, -0.1) is 0 Å². The van der Waals surface area contributed by atoms with Crippen LogP contribution in [0.5, 0.6) is 0 Å². The van der Waals surface area contributed by atoms with Crippen molar-refractivity contribution in [3.05, 3.63) is 109 Å². The smallest absolute Gasteiger partial charge is 0.421 e. The van der Waals surface area contributed by atoms with Gasteiger partial charge in [0, 0.05) is 6.54 Å². The lowest BCUT2D eigenvalue weighted by Crippen LogP contribution is -2.23. The molecule has 0 aliphatic carbocycles. The molecule has 0 aliphatic heterocycles. The highest BCUT2D eigenvalue weighted by Crippen LogP contribution is 2.25. The second-order valence-electron chi connectivity index (χ2n) is 7.45. The summed E-state index contributed by atoms with van der Waals surface area (Å²) in [6, 6.07) is 23.3. The van der Waals surface area contributed by atoms with Crippen LogP contribution >= 0.6 is 0 Å². The lowest BCUT2D eigenvalue weighted by Gasteiger charge is -2.23. The maximum absolute atomic E-state index is 12.7. The van der Waals surface area contributed by atoms with E-state index in [2.05, 4.69) is 15.0 Å². The molecule has 0 spiro atoms. The van der Waals surface area contributed by atoms with Crippen molar-refractivity contribution in [3.63, 3.8) is 0 Å². The van der Waals surface area contributed by atoms with Crippen molar-refractivity contribution in [2.75, 3.05) is 4.90 Å². The zero-order chi connectivity index (χ0) is 22.5. The molecule has 0 aliphatic rings. The van der Waals surface area contributed by atoms with E-state index in [0.29, 0.717) is 30.1 Å². The number of carbonyl (C=O) groups excluding carboxylic acids is 1. The van der Waals surface area contributed by atoms with E-state index in [4.69, 9.17) is 9.15 Å². The number of furan rings is 1. The molecule has 0 amide bonds. The molecular weight excluding hydrogens is 418 g/mol. The van der Waals surface area contributed by atoms with Gasteiger partial charge in [-0.1, -0.05) is 60.7 Å². The number of ether oxygens (including phenoxy) is 1. The van der Waals surface area contributed by atoms with Crippen molar-refractivity contribution in [1.29, 1.82) is 0 Å². The SMILES string of the molecule is O=C(OCc1ccccc1)n1cnc2c(N(Cc3ccccc3)Cc3ccco3)ncnc21. The molecule has 0 radical (unpaired) electrons. The summed E-state index contributed by atoms with van der Waals surface area (Å²) in [5.41, 5.74) is 2.91.